The van der Waals surface area contributed by atoms with E-state index in [0.29, 0.717) is 18.1 Å². The van der Waals surface area contributed by atoms with Crippen LogP contribution in [-0.4, -0.2) is 39.5 Å². The fourth-order valence-corrected chi connectivity index (χ4v) is 3.83. The summed E-state index contributed by atoms with van der Waals surface area (Å²) in [6, 6.07) is 13.9. The predicted molar refractivity (Wildman–Crippen MR) is 124 cm³/mol. The van der Waals surface area contributed by atoms with Crippen molar-refractivity contribution in [2.75, 3.05) is 17.9 Å². The highest BCUT2D eigenvalue weighted by molar-refractivity contribution is 7.92. The lowest BCUT2D eigenvalue weighted by Crippen LogP contribution is -2.41. The molecule has 3 rings (SSSR count). The maximum absolute atomic E-state index is 12.5. The van der Waals surface area contributed by atoms with Crippen molar-refractivity contribution in [3.8, 4) is 5.75 Å². The maximum atomic E-state index is 12.5. The van der Waals surface area contributed by atoms with E-state index in [1.54, 1.807) is 24.3 Å². The smallest absolute Gasteiger partial charge is 0.338 e. The van der Waals surface area contributed by atoms with Crippen LogP contribution < -0.4 is 20.1 Å². The summed E-state index contributed by atoms with van der Waals surface area (Å²) in [5.74, 6) is -0.589. The normalized spacial score (nSPS) is 10.8. The molecule has 0 fully saturated rings. The molecule has 3 aromatic rings. The Kier molecular flexibility index (Phi) is 8.46. The van der Waals surface area contributed by atoms with Crippen molar-refractivity contribution in [2.24, 2.45) is 0 Å². The molecule has 0 bridgehead atoms. The van der Waals surface area contributed by atoms with E-state index < -0.39 is 34.5 Å². The number of amides is 3. The number of benzene rings is 2. The van der Waals surface area contributed by atoms with Gasteiger partial charge in [0.1, 0.15) is 11.5 Å². The zero-order valence-electron chi connectivity index (χ0n) is 18.6. The summed E-state index contributed by atoms with van der Waals surface area (Å²) in [5, 5.41) is 4.43. The number of nitrogens with one attached hydrogen (secondary N) is 3. The standard InChI is InChI=1S/C23H23N3O8S/c1-2-32-18-9-11-20(12-10-18)35(30,31)26-17-7-5-16(6-8-17)22(28)34-15-21(27)25-23(29)24-14-19-4-3-13-33-19/h3-13,26H,2,14-15H2,1H3,(H2,24,25,27,29). The van der Waals surface area contributed by atoms with Gasteiger partial charge in [0, 0.05) is 5.69 Å². The lowest BCUT2D eigenvalue weighted by Gasteiger charge is -2.10. The summed E-state index contributed by atoms with van der Waals surface area (Å²) in [4.78, 5) is 35.7. The number of ether oxygens (including phenoxy) is 2. The number of rotatable bonds is 10. The van der Waals surface area contributed by atoms with Crippen LogP contribution in [-0.2, 0) is 26.1 Å². The molecule has 0 atom stereocenters. The second-order valence-corrected chi connectivity index (χ2v) is 8.66. The van der Waals surface area contributed by atoms with Gasteiger partial charge in [-0.15, -0.1) is 0 Å². The Balaban J connectivity index is 1.47. The number of urea groups is 1. The molecule has 0 saturated carbocycles. The largest absolute Gasteiger partial charge is 0.494 e. The van der Waals surface area contributed by atoms with Crippen molar-refractivity contribution in [2.45, 2.75) is 18.4 Å². The summed E-state index contributed by atoms with van der Waals surface area (Å²) < 4.78 is 42.7. The second-order valence-electron chi connectivity index (χ2n) is 6.97. The van der Waals surface area contributed by atoms with Crippen LogP contribution in [0.2, 0.25) is 0 Å². The van der Waals surface area contributed by atoms with E-state index in [1.165, 1.54) is 42.7 Å². The minimum atomic E-state index is -3.85. The van der Waals surface area contributed by atoms with Crippen molar-refractivity contribution in [3.05, 3.63) is 78.3 Å². The van der Waals surface area contributed by atoms with Crippen LogP contribution in [0.3, 0.4) is 0 Å². The lowest BCUT2D eigenvalue weighted by molar-refractivity contribution is -0.123. The second kappa shape index (κ2) is 11.7. The van der Waals surface area contributed by atoms with Gasteiger partial charge in [-0.3, -0.25) is 14.8 Å². The molecule has 1 heterocycles. The summed E-state index contributed by atoms with van der Waals surface area (Å²) in [5.41, 5.74) is 0.311. The minimum absolute atomic E-state index is 0.0450. The molecular weight excluding hydrogens is 478 g/mol. The van der Waals surface area contributed by atoms with E-state index in [2.05, 4.69) is 10.0 Å². The fraction of sp³-hybridized carbons (Fsp3) is 0.174. The Hall–Kier alpha value is -4.32. The SMILES string of the molecule is CCOc1ccc(S(=O)(=O)Nc2ccc(C(=O)OCC(=O)NC(=O)NCc3ccco3)cc2)cc1. The Labute approximate surface area is 201 Å². The van der Waals surface area contributed by atoms with Crippen LogP contribution in [0.1, 0.15) is 23.0 Å². The van der Waals surface area contributed by atoms with Crippen LogP contribution >= 0.6 is 0 Å². The van der Waals surface area contributed by atoms with Crippen molar-refractivity contribution in [1.29, 1.82) is 0 Å². The highest BCUT2D eigenvalue weighted by Gasteiger charge is 2.16. The van der Waals surface area contributed by atoms with E-state index in [9.17, 15) is 22.8 Å². The van der Waals surface area contributed by atoms with E-state index in [4.69, 9.17) is 13.9 Å². The predicted octanol–water partition coefficient (Wildman–Crippen LogP) is 2.66. The number of esters is 1. The molecule has 0 aliphatic heterocycles. The number of hydrogen-bond acceptors (Lipinski definition) is 8. The Morgan fingerprint density at radius 3 is 2.31 bits per heavy atom. The molecule has 0 unspecified atom stereocenters. The van der Waals surface area contributed by atoms with E-state index in [1.807, 2.05) is 12.2 Å². The van der Waals surface area contributed by atoms with E-state index in [0.717, 1.165) is 0 Å². The topological polar surface area (TPSA) is 153 Å². The first-order valence-corrected chi connectivity index (χ1v) is 11.9. The third-order valence-corrected chi connectivity index (χ3v) is 5.81. The third kappa shape index (κ3) is 7.61. The van der Waals surface area contributed by atoms with Crippen molar-refractivity contribution in [3.63, 3.8) is 0 Å². The molecule has 12 heteroatoms. The number of anilines is 1. The first-order chi connectivity index (χ1) is 16.8. The summed E-state index contributed by atoms with van der Waals surface area (Å²) in [6.45, 7) is 1.69. The molecule has 0 radical (unpaired) electrons. The first kappa shape index (κ1) is 25.3. The maximum Gasteiger partial charge on any atom is 0.338 e. The van der Waals surface area contributed by atoms with Crippen molar-refractivity contribution >= 4 is 33.6 Å². The molecule has 1 aromatic heterocycles. The molecule has 0 saturated heterocycles. The van der Waals surface area contributed by atoms with E-state index >= 15 is 0 Å². The molecule has 0 aliphatic rings. The number of carbonyl (C=O) groups excluding carboxylic acids is 3. The van der Waals surface area contributed by atoms with Gasteiger partial charge in [0.15, 0.2) is 6.61 Å². The quantitative estimate of drug-likeness (QED) is 0.359. The van der Waals surface area contributed by atoms with Crippen molar-refractivity contribution < 1.29 is 36.7 Å². The number of sulfonamides is 1. The van der Waals surface area contributed by atoms with Crippen LogP contribution in [0.5, 0.6) is 5.75 Å². The lowest BCUT2D eigenvalue weighted by atomic mass is 10.2. The summed E-state index contributed by atoms with van der Waals surface area (Å²) >= 11 is 0. The number of hydrogen-bond donors (Lipinski definition) is 3. The molecule has 184 valence electrons. The van der Waals surface area contributed by atoms with Gasteiger partial charge in [-0.1, -0.05) is 0 Å². The first-order valence-electron chi connectivity index (χ1n) is 10.4. The molecule has 3 amide bonds. The molecule has 0 spiro atoms. The van der Waals surface area contributed by atoms with Crippen LogP contribution in [0.25, 0.3) is 0 Å². The Bertz CT molecular complexity index is 1260. The van der Waals surface area contributed by atoms with Gasteiger partial charge in [-0.2, -0.15) is 0 Å². The molecule has 0 aliphatic carbocycles. The average Bonchev–Trinajstić information content (AvgIpc) is 3.36. The zero-order valence-corrected chi connectivity index (χ0v) is 19.5. The number of imide groups is 1. The monoisotopic (exact) mass is 501 g/mol. The van der Waals surface area contributed by atoms with Gasteiger partial charge in [-0.25, -0.2) is 18.0 Å². The van der Waals surface area contributed by atoms with Crippen LogP contribution in [0.4, 0.5) is 10.5 Å². The van der Waals surface area contributed by atoms with Gasteiger partial charge in [-0.05, 0) is 67.6 Å². The Morgan fingerprint density at radius 2 is 1.69 bits per heavy atom. The summed E-state index contributed by atoms with van der Waals surface area (Å²) in [6.07, 6.45) is 1.45. The minimum Gasteiger partial charge on any atom is -0.494 e. The van der Waals surface area contributed by atoms with Gasteiger partial charge in [0.25, 0.3) is 15.9 Å². The number of furan rings is 1. The molecule has 3 N–H and O–H groups in total. The highest BCUT2D eigenvalue weighted by atomic mass is 32.2. The molecular formula is C23H23N3O8S. The van der Waals surface area contributed by atoms with E-state index in [-0.39, 0.29) is 22.7 Å². The van der Waals surface area contributed by atoms with Gasteiger partial charge in [0.2, 0.25) is 0 Å². The Morgan fingerprint density at radius 1 is 0.971 bits per heavy atom. The molecule has 35 heavy (non-hydrogen) atoms. The average molecular weight is 502 g/mol. The molecule has 11 nitrogen and oxygen atoms in total. The summed E-state index contributed by atoms with van der Waals surface area (Å²) in [7, 11) is -3.85. The van der Waals surface area contributed by atoms with Gasteiger partial charge in [0.05, 0.1) is 29.9 Å². The third-order valence-electron chi connectivity index (χ3n) is 4.41. The number of carbonyl (C=O) groups is 3. The van der Waals surface area contributed by atoms with Crippen LogP contribution in [0, 0.1) is 0 Å². The van der Waals surface area contributed by atoms with Crippen molar-refractivity contribution in [1.82, 2.24) is 10.6 Å². The van der Waals surface area contributed by atoms with Gasteiger partial charge < -0.3 is 19.2 Å². The highest BCUT2D eigenvalue weighted by Crippen LogP contribution is 2.20. The van der Waals surface area contributed by atoms with Crippen LogP contribution in [0.15, 0.2) is 76.2 Å². The molecule has 2 aromatic carbocycles. The van der Waals surface area contributed by atoms with Gasteiger partial charge >= 0.3 is 12.0 Å². The zero-order chi connectivity index (χ0) is 25.3. The fourth-order valence-electron chi connectivity index (χ4n) is 2.77.